The van der Waals surface area contributed by atoms with E-state index in [1.807, 2.05) is 13.8 Å². The van der Waals surface area contributed by atoms with Gasteiger partial charge in [-0.3, -0.25) is 4.72 Å². The van der Waals surface area contributed by atoms with Crippen molar-refractivity contribution in [2.45, 2.75) is 44.1 Å². The van der Waals surface area contributed by atoms with Crippen LogP contribution in [-0.4, -0.2) is 18.5 Å². The zero-order valence-electron chi connectivity index (χ0n) is 13.1. The van der Waals surface area contributed by atoms with Gasteiger partial charge in [0.2, 0.25) is 0 Å². The summed E-state index contributed by atoms with van der Waals surface area (Å²) in [5.74, 6) is 0. The van der Waals surface area contributed by atoms with Gasteiger partial charge in [-0.25, -0.2) is 13.4 Å². The molecular formula is C15H19BrN2O3S2. The number of rotatable bonds is 6. The largest absolute Gasteiger partial charge is 0.384 e. The number of anilines is 1. The van der Waals surface area contributed by atoms with Crippen LogP contribution in [0.25, 0.3) is 0 Å². The molecule has 0 radical (unpaired) electrons. The molecular weight excluding hydrogens is 400 g/mol. The second kappa shape index (κ2) is 6.88. The third-order valence-electron chi connectivity index (χ3n) is 3.80. The molecule has 1 heterocycles. The highest BCUT2D eigenvalue weighted by molar-refractivity contribution is 9.10. The Kier molecular flexibility index (Phi) is 5.50. The molecule has 0 spiro atoms. The molecule has 0 aliphatic carbocycles. The molecule has 2 rings (SSSR count). The van der Waals surface area contributed by atoms with Crippen LogP contribution in [0.5, 0.6) is 0 Å². The number of thiazole rings is 1. The summed E-state index contributed by atoms with van der Waals surface area (Å²) in [6.45, 7) is 5.48. The first-order chi connectivity index (χ1) is 10.7. The molecule has 0 saturated heterocycles. The quantitative estimate of drug-likeness (QED) is 0.741. The molecule has 1 aromatic heterocycles. The fraction of sp³-hybridized carbons (Fsp3) is 0.400. The molecule has 0 aliphatic heterocycles. The summed E-state index contributed by atoms with van der Waals surface area (Å²) in [5.41, 5.74) is 0.119. The predicted molar refractivity (Wildman–Crippen MR) is 96.3 cm³/mol. The van der Waals surface area contributed by atoms with Crippen molar-refractivity contribution in [3.63, 3.8) is 0 Å². The number of aromatic nitrogens is 1. The number of hydrogen-bond acceptors (Lipinski definition) is 5. The maximum absolute atomic E-state index is 12.5. The molecule has 23 heavy (non-hydrogen) atoms. The van der Waals surface area contributed by atoms with Crippen molar-refractivity contribution in [2.75, 3.05) is 4.72 Å². The zero-order valence-corrected chi connectivity index (χ0v) is 16.3. The van der Waals surface area contributed by atoms with E-state index in [1.165, 1.54) is 11.3 Å². The lowest BCUT2D eigenvalue weighted by molar-refractivity contribution is 0.0247. The minimum absolute atomic E-state index is 0.207. The lowest BCUT2D eigenvalue weighted by Gasteiger charge is -2.22. The summed E-state index contributed by atoms with van der Waals surface area (Å²) >= 11 is 4.48. The lowest BCUT2D eigenvalue weighted by atomic mass is 9.94. The summed E-state index contributed by atoms with van der Waals surface area (Å²) in [6, 6.07) is 4.97. The SMILES string of the molecule is CCC(O)(CC)c1csc(NS(=O)(=O)c2ccc(Br)cc2C)n1. The smallest absolute Gasteiger partial charge is 0.263 e. The van der Waals surface area contributed by atoms with Crippen LogP contribution in [0.15, 0.2) is 32.9 Å². The van der Waals surface area contributed by atoms with E-state index in [1.54, 1.807) is 30.5 Å². The second-order valence-corrected chi connectivity index (χ2v) is 8.72. The fourth-order valence-electron chi connectivity index (χ4n) is 2.23. The number of hydrogen-bond donors (Lipinski definition) is 2. The van der Waals surface area contributed by atoms with Gasteiger partial charge in [0.25, 0.3) is 10.0 Å². The topological polar surface area (TPSA) is 79.3 Å². The van der Waals surface area contributed by atoms with E-state index in [0.717, 1.165) is 4.47 Å². The van der Waals surface area contributed by atoms with Crippen LogP contribution in [0, 0.1) is 6.92 Å². The van der Waals surface area contributed by atoms with E-state index in [9.17, 15) is 13.5 Å². The first-order valence-corrected chi connectivity index (χ1v) is 10.3. The Balaban J connectivity index is 2.30. The van der Waals surface area contributed by atoms with Crippen molar-refractivity contribution in [2.24, 2.45) is 0 Å². The Morgan fingerprint density at radius 2 is 2.00 bits per heavy atom. The third-order valence-corrected chi connectivity index (χ3v) is 6.68. The monoisotopic (exact) mass is 418 g/mol. The molecule has 8 heteroatoms. The van der Waals surface area contributed by atoms with E-state index in [4.69, 9.17) is 0 Å². The van der Waals surface area contributed by atoms with Crippen LogP contribution >= 0.6 is 27.3 Å². The van der Waals surface area contributed by atoms with E-state index in [0.29, 0.717) is 24.1 Å². The Bertz CT molecular complexity index is 799. The van der Waals surface area contributed by atoms with Gasteiger partial charge in [0.1, 0.15) is 5.60 Å². The maximum atomic E-state index is 12.5. The summed E-state index contributed by atoms with van der Waals surface area (Å²) in [6.07, 6.45) is 1.04. The molecule has 0 aliphatic rings. The number of aliphatic hydroxyl groups is 1. The Morgan fingerprint density at radius 1 is 1.35 bits per heavy atom. The number of sulfonamides is 1. The average Bonchev–Trinajstić information content (AvgIpc) is 2.94. The minimum atomic E-state index is -3.71. The Morgan fingerprint density at radius 3 is 2.57 bits per heavy atom. The molecule has 0 unspecified atom stereocenters. The second-order valence-electron chi connectivity index (χ2n) is 5.29. The molecule has 2 N–H and O–H groups in total. The van der Waals surface area contributed by atoms with E-state index >= 15 is 0 Å². The highest BCUT2D eigenvalue weighted by atomic mass is 79.9. The van der Waals surface area contributed by atoms with Gasteiger partial charge in [0.05, 0.1) is 10.6 Å². The number of halogens is 1. The normalized spacial score (nSPS) is 12.4. The summed E-state index contributed by atoms with van der Waals surface area (Å²) in [7, 11) is -3.71. The summed E-state index contributed by atoms with van der Waals surface area (Å²) in [5, 5.41) is 12.4. The zero-order chi connectivity index (χ0) is 17.3. The number of nitrogens with one attached hydrogen (secondary N) is 1. The highest BCUT2D eigenvalue weighted by Crippen LogP contribution is 2.32. The predicted octanol–water partition coefficient (Wildman–Crippen LogP) is 4.02. The first kappa shape index (κ1) is 18.4. The van der Waals surface area contributed by atoms with Gasteiger partial charge in [0, 0.05) is 9.85 Å². The Labute approximate surface area is 149 Å². The number of nitrogens with zero attached hydrogens (tertiary/aromatic N) is 1. The van der Waals surface area contributed by atoms with Gasteiger partial charge < -0.3 is 5.11 Å². The Hall–Kier alpha value is -0.960. The van der Waals surface area contributed by atoms with Crippen LogP contribution in [0.2, 0.25) is 0 Å². The van der Waals surface area contributed by atoms with Crippen molar-refractivity contribution in [3.8, 4) is 0 Å². The van der Waals surface area contributed by atoms with Gasteiger partial charge in [-0.05, 0) is 43.5 Å². The lowest BCUT2D eigenvalue weighted by Crippen LogP contribution is -2.24. The first-order valence-electron chi connectivity index (χ1n) is 7.19. The molecule has 1 aromatic carbocycles. The van der Waals surface area contributed by atoms with E-state index in [2.05, 4.69) is 25.6 Å². The van der Waals surface area contributed by atoms with Crippen LogP contribution in [0.3, 0.4) is 0 Å². The average molecular weight is 419 g/mol. The molecule has 0 saturated carbocycles. The van der Waals surface area contributed by atoms with Crippen molar-refractivity contribution in [3.05, 3.63) is 39.3 Å². The third kappa shape index (κ3) is 3.93. The fourth-order valence-corrected chi connectivity index (χ4v) is 4.99. The summed E-state index contributed by atoms with van der Waals surface area (Å²) in [4.78, 5) is 4.46. The molecule has 0 fully saturated rings. The van der Waals surface area contributed by atoms with Gasteiger partial charge in [-0.1, -0.05) is 29.8 Å². The van der Waals surface area contributed by atoms with Gasteiger partial charge in [-0.2, -0.15) is 0 Å². The van der Waals surface area contributed by atoms with Crippen LogP contribution in [0.4, 0.5) is 5.13 Å². The van der Waals surface area contributed by atoms with Gasteiger partial charge >= 0.3 is 0 Å². The maximum Gasteiger partial charge on any atom is 0.263 e. The number of benzene rings is 1. The van der Waals surface area contributed by atoms with Gasteiger partial charge in [0.15, 0.2) is 5.13 Å². The highest BCUT2D eigenvalue weighted by Gasteiger charge is 2.28. The molecule has 2 aromatic rings. The molecule has 126 valence electrons. The minimum Gasteiger partial charge on any atom is -0.384 e. The van der Waals surface area contributed by atoms with Crippen LogP contribution < -0.4 is 4.72 Å². The van der Waals surface area contributed by atoms with Crippen LogP contribution in [-0.2, 0) is 15.6 Å². The molecule has 0 amide bonds. The van der Waals surface area contributed by atoms with Crippen molar-refractivity contribution in [1.29, 1.82) is 0 Å². The van der Waals surface area contributed by atoms with Crippen molar-refractivity contribution in [1.82, 2.24) is 4.98 Å². The summed E-state index contributed by atoms with van der Waals surface area (Å²) < 4.78 is 28.3. The molecule has 5 nitrogen and oxygen atoms in total. The standard InChI is InChI=1S/C15H19BrN2O3S2/c1-4-15(19,5-2)13-9-22-14(17-13)18-23(20,21)12-7-6-11(16)8-10(12)3/h6-9,19H,4-5H2,1-3H3,(H,17,18). The van der Waals surface area contributed by atoms with Crippen LogP contribution in [0.1, 0.15) is 37.9 Å². The van der Waals surface area contributed by atoms with E-state index < -0.39 is 15.6 Å². The van der Waals surface area contributed by atoms with E-state index in [-0.39, 0.29) is 10.0 Å². The van der Waals surface area contributed by atoms with Crippen molar-refractivity contribution < 1.29 is 13.5 Å². The molecule has 0 atom stereocenters. The number of aryl methyl sites for hydroxylation is 1. The molecule has 0 bridgehead atoms. The van der Waals surface area contributed by atoms with Crippen molar-refractivity contribution >= 4 is 42.4 Å². The van der Waals surface area contributed by atoms with Gasteiger partial charge in [-0.15, -0.1) is 11.3 Å².